The van der Waals surface area contributed by atoms with E-state index in [9.17, 15) is 9.18 Å². The van der Waals surface area contributed by atoms with Crippen LogP contribution >= 0.6 is 22.9 Å². The fourth-order valence-corrected chi connectivity index (χ4v) is 3.58. The average Bonchev–Trinajstić information content (AvgIpc) is 2.91. The second-order valence-corrected chi connectivity index (χ2v) is 5.85. The summed E-state index contributed by atoms with van der Waals surface area (Å²) >= 11 is 7.09. The summed E-state index contributed by atoms with van der Waals surface area (Å²) in [6, 6.07) is 4.73. The van der Waals surface area contributed by atoms with Crippen LogP contribution in [0.2, 0.25) is 5.02 Å². The molecule has 0 saturated carbocycles. The minimum atomic E-state index is -0.873. The van der Waals surface area contributed by atoms with Crippen LogP contribution in [0.25, 0.3) is 10.6 Å². The topological polar surface area (TPSA) is 50.2 Å². The Bertz CT molecular complexity index is 671. The first kappa shape index (κ1) is 12.6. The van der Waals surface area contributed by atoms with E-state index in [1.807, 2.05) is 0 Å². The molecule has 1 aromatic carbocycles. The summed E-state index contributed by atoms with van der Waals surface area (Å²) in [5.41, 5.74) is 0.905. The SMILES string of the molecule is O=C(O)C1CCc2sc(-c3cccc(Cl)c3F)nc21. The summed E-state index contributed by atoms with van der Waals surface area (Å²) in [5.74, 6) is -1.95. The summed E-state index contributed by atoms with van der Waals surface area (Å²) in [5, 5.41) is 9.65. The predicted octanol–water partition coefficient (Wildman–Crippen LogP) is 3.72. The number of carboxylic acid groups (broad SMARTS) is 1. The van der Waals surface area contributed by atoms with Crippen LogP contribution < -0.4 is 0 Å². The number of carbonyl (C=O) groups is 1. The van der Waals surface area contributed by atoms with Crippen molar-refractivity contribution in [1.82, 2.24) is 4.98 Å². The molecule has 98 valence electrons. The van der Waals surface area contributed by atoms with Crippen molar-refractivity contribution in [3.8, 4) is 10.6 Å². The molecule has 1 aliphatic carbocycles. The maximum Gasteiger partial charge on any atom is 0.312 e. The van der Waals surface area contributed by atoms with E-state index < -0.39 is 17.7 Å². The standard InChI is InChI=1S/C13H9ClFNO2S/c14-8-3-1-2-6(10(8)15)12-16-11-7(13(17)18)4-5-9(11)19-12/h1-3,7H,4-5H2,(H,17,18). The molecule has 6 heteroatoms. The Morgan fingerprint density at radius 3 is 3.05 bits per heavy atom. The Balaban J connectivity index is 2.07. The van der Waals surface area contributed by atoms with Crippen LogP contribution in [0.1, 0.15) is 22.9 Å². The number of aryl methyl sites for hydroxylation is 1. The van der Waals surface area contributed by atoms with E-state index in [0.29, 0.717) is 29.1 Å². The molecule has 0 bridgehead atoms. The number of aliphatic carboxylic acids is 1. The third-order valence-electron chi connectivity index (χ3n) is 3.20. The lowest BCUT2D eigenvalue weighted by atomic mass is 10.1. The highest BCUT2D eigenvalue weighted by Crippen LogP contribution is 2.40. The van der Waals surface area contributed by atoms with Crippen molar-refractivity contribution < 1.29 is 14.3 Å². The number of hydrogen-bond donors (Lipinski definition) is 1. The normalized spacial score (nSPS) is 17.5. The van der Waals surface area contributed by atoms with Gasteiger partial charge < -0.3 is 5.11 Å². The molecule has 1 atom stereocenters. The van der Waals surface area contributed by atoms with Gasteiger partial charge in [0.05, 0.1) is 10.7 Å². The Morgan fingerprint density at radius 2 is 2.32 bits per heavy atom. The number of rotatable bonds is 2. The lowest BCUT2D eigenvalue weighted by Gasteiger charge is -2.03. The van der Waals surface area contributed by atoms with Gasteiger partial charge in [-0.2, -0.15) is 0 Å². The second-order valence-electron chi connectivity index (χ2n) is 4.36. The fourth-order valence-electron chi connectivity index (χ4n) is 2.25. The van der Waals surface area contributed by atoms with Crippen molar-refractivity contribution in [1.29, 1.82) is 0 Å². The summed E-state index contributed by atoms with van der Waals surface area (Å²) < 4.78 is 13.9. The van der Waals surface area contributed by atoms with E-state index in [4.69, 9.17) is 16.7 Å². The number of benzene rings is 1. The van der Waals surface area contributed by atoms with Crippen molar-refractivity contribution in [3.63, 3.8) is 0 Å². The van der Waals surface area contributed by atoms with Gasteiger partial charge in [-0.1, -0.05) is 17.7 Å². The van der Waals surface area contributed by atoms with Crippen LogP contribution in [-0.4, -0.2) is 16.1 Å². The molecule has 3 rings (SSSR count). The van der Waals surface area contributed by atoms with E-state index >= 15 is 0 Å². The Morgan fingerprint density at radius 1 is 1.53 bits per heavy atom. The third kappa shape index (κ3) is 2.03. The number of aromatic nitrogens is 1. The van der Waals surface area contributed by atoms with Crippen LogP contribution in [0, 0.1) is 5.82 Å². The highest BCUT2D eigenvalue weighted by molar-refractivity contribution is 7.15. The van der Waals surface area contributed by atoms with Gasteiger partial charge in [0.2, 0.25) is 0 Å². The van der Waals surface area contributed by atoms with Gasteiger partial charge in [-0.3, -0.25) is 4.79 Å². The fraction of sp³-hybridized carbons (Fsp3) is 0.231. The summed E-state index contributed by atoms with van der Waals surface area (Å²) in [6.45, 7) is 0. The molecule has 3 nitrogen and oxygen atoms in total. The van der Waals surface area contributed by atoms with Crippen LogP contribution in [0.5, 0.6) is 0 Å². The largest absolute Gasteiger partial charge is 0.481 e. The van der Waals surface area contributed by atoms with E-state index in [1.165, 1.54) is 17.4 Å². The molecule has 2 aromatic rings. The van der Waals surface area contributed by atoms with Crippen LogP contribution in [-0.2, 0) is 11.2 Å². The van der Waals surface area contributed by atoms with Crippen molar-refractivity contribution in [3.05, 3.63) is 39.6 Å². The van der Waals surface area contributed by atoms with Crippen molar-refractivity contribution >= 4 is 28.9 Å². The van der Waals surface area contributed by atoms with Gasteiger partial charge in [0.1, 0.15) is 10.9 Å². The zero-order valence-electron chi connectivity index (χ0n) is 9.69. The molecule has 19 heavy (non-hydrogen) atoms. The highest BCUT2D eigenvalue weighted by atomic mass is 35.5. The van der Waals surface area contributed by atoms with E-state index in [0.717, 1.165) is 4.88 Å². The molecular formula is C13H9ClFNO2S. The molecule has 1 heterocycles. The van der Waals surface area contributed by atoms with Gasteiger partial charge in [-0.05, 0) is 25.0 Å². The molecule has 0 radical (unpaired) electrons. The van der Waals surface area contributed by atoms with Gasteiger partial charge >= 0.3 is 5.97 Å². The Hall–Kier alpha value is -1.46. The first-order valence-electron chi connectivity index (χ1n) is 5.74. The minimum Gasteiger partial charge on any atom is -0.481 e. The maximum atomic E-state index is 13.9. The lowest BCUT2D eigenvalue weighted by Crippen LogP contribution is -2.08. The van der Waals surface area contributed by atoms with Crippen LogP contribution in [0.3, 0.4) is 0 Å². The molecular weight excluding hydrogens is 289 g/mol. The lowest BCUT2D eigenvalue weighted by molar-refractivity contribution is -0.138. The van der Waals surface area contributed by atoms with E-state index in [2.05, 4.69) is 4.98 Å². The molecule has 1 N–H and O–H groups in total. The quantitative estimate of drug-likeness (QED) is 0.919. The van der Waals surface area contributed by atoms with Crippen LogP contribution in [0.15, 0.2) is 18.2 Å². The minimum absolute atomic E-state index is 0.0441. The first-order valence-corrected chi connectivity index (χ1v) is 6.94. The molecule has 1 unspecified atom stereocenters. The second kappa shape index (κ2) is 4.58. The third-order valence-corrected chi connectivity index (χ3v) is 4.65. The molecule has 1 aromatic heterocycles. The summed E-state index contributed by atoms with van der Waals surface area (Å²) in [7, 11) is 0. The first-order chi connectivity index (χ1) is 9.08. The Kier molecular flexibility index (Phi) is 3.03. The maximum absolute atomic E-state index is 13.9. The van der Waals surface area contributed by atoms with E-state index in [1.54, 1.807) is 12.1 Å². The molecule has 1 aliphatic rings. The zero-order valence-corrected chi connectivity index (χ0v) is 11.3. The van der Waals surface area contributed by atoms with Gasteiger partial charge in [0.15, 0.2) is 5.82 Å². The number of nitrogens with zero attached hydrogens (tertiary/aromatic N) is 1. The van der Waals surface area contributed by atoms with Crippen molar-refractivity contribution in [2.45, 2.75) is 18.8 Å². The molecule has 0 amide bonds. The number of hydrogen-bond acceptors (Lipinski definition) is 3. The number of halogens is 2. The number of carboxylic acids is 1. The predicted molar refractivity (Wildman–Crippen MR) is 71.2 cm³/mol. The number of fused-ring (bicyclic) bond motifs is 1. The average molecular weight is 298 g/mol. The number of thiazole rings is 1. The van der Waals surface area contributed by atoms with Gasteiger partial charge in [0, 0.05) is 10.4 Å². The monoisotopic (exact) mass is 297 g/mol. The molecule has 0 aliphatic heterocycles. The summed E-state index contributed by atoms with van der Waals surface area (Å²) in [4.78, 5) is 16.3. The highest BCUT2D eigenvalue weighted by Gasteiger charge is 2.32. The van der Waals surface area contributed by atoms with Crippen molar-refractivity contribution in [2.75, 3.05) is 0 Å². The Labute approximate surface area is 117 Å². The summed E-state index contributed by atoms with van der Waals surface area (Å²) in [6.07, 6.45) is 1.26. The molecule has 0 spiro atoms. The molecule has 0 fully saturated rings. The van der Waals surface area contributed by atoms with Gasteiger partial charge in [-0.25, -0.2) is 9.37 Å². The smallest absolute Gasteiger partial charge is 0.312 e. The molecule has 0 saturated heterocycles. The van der Waals surface area contributed by atoms with Crippen LogP contribution in [0.4, 0.5) is 4.39 Å². The van der Waals surface area contributed by atoms with Gasteiger partial charge in [0.25, 0.3) is 0 Å². The van der Waals surface area contributed by atoms with Gasteiger partial charge in [-0.15, -0.1) is 11.3 Å². The van der Waals surface area contributed by atoms with Crippen molar-refractivity contribution in [2.24, 2.45) is 0 Å². The zero-order chi connectivity index (χ0) is 13.6. The van der Waals surface area contributed by atoms with E-state index in [-0.39, 0.29) is 5.02 Å².